The van der Waals surface area contributed by atoms with E-state index < -0.39 is 6.10 Å². The number of aliphatic hydroxyl groups is 1. The summed E-state index contributed by atoms with van der Waals surface area (Å²) >= 11 is 0. The minimum atomic E-state index is -0.983. The van der Waals surface area contributed by atoms with Crippen LogP contribution in [0, 0.1) is 11.3 Å². The molecular weight excluding hydrogens is 162 g/mol. The maximum Gasteiger partial charge on any atom is 0.166 e. The topological polar surface area (TPSA) is 44.0 Å². The minimum absolute atomic E-state index is 0.748. The maximum atomic E-state index is 9.38. The fourth-order valence-electron chi connectivity index (χ4n) is 1.64. The molecule has 2 nitrogen and oxygen atoms in total. The van der Waals surface area contributed by atoms with Gasteiger partial charge < -0.3 is 5.11 Å². The normalized spacial score (nSPS) is 15.8. The molecule has 1 aromatic carbocycles. The second kappa shape index (κ2) is 3.04. The smallest absolute Gasteiger partial charge is 0.166 e. The number of benzene rings is 1. The highest BCUT2D eigenvalue weighted by molar-refractivity contribution is 5.77. The quantitative estimate of drug-likeness (QED) is 0.651. The van der Waals surface area contributed by atoms with Crippen LogP contribution in [0.15, 0.2) is 30.3 Å². The molecule has 0 saturated heterocycles. The summed E-state index contributed by atoms with van der Waals surface area (Å²) in [7, 11) is 0. The van der Waals surface area contributed by atoms with Gasteiger partial charge in [-0.3, -0.25) is 0 Å². The molecule has 13 heavy (non-hydrogen) atoms. The van der Waals surface area contributed by atoms with Gasteiger partial charge in [-0.2, -0.15) is 5.26 Å². The molecular formula is C11H9NO. The minimum Gasteiger partial charge on any atom is -0.374 e. The van der Waals surface area contributed by atoms with Gasteiger partial charge in [0, 0.05) is 0 Å². The lowest BCUT2D eigenvalue weighted by Crippen LogP contribution is -2.04. The molecule has 0 aliphatic heterocycles. The van der Waals surface area contributed by atoms with Crippen molar-refractivity contribution in [3.05, 3.63) is 41.5 Å². The third-order valence-corrected chi connectivity index (χ3v) is 2.29. The molecule has 0 bridgehead atoms. The van der Waals surface area contributed by atoms with Crippen LogP contribution in [-0.2, 0) is 6.42 Å². The molecule has 1 aliphatic carbocycles. The number of fused-ring (bicyclic) bond motifs is 1. The van der Waals surface area contributed by atoms with E-state index in [0.717, 1.165) is 17.6 Å². The Morgan fingerprint density at radius 2 is 2.15 bits per heavy atom. The van der Waals surface area contributed by atoms with Crippen molar-refractivity contribution >= 4 is 5.57 Å². The van der Waals surface area contributed by atoms with Gasteiger partial charge in [0.1, 0.15) is 0 Å². The van der Waals surface area contributed by atoms with Gasteiger partial charge in [-0.25, -0.2) is 0 Å². The Balaban J connectivity index is 2.43. The first-order chi connectivity index (χ1) is 6.33. The van der Waals surface area contributed by atoms with Crippen molar-refractivity contribution in [2.24, 2.45) is 0 Å². The summed E-state index contributed by atoms with van der Waals surface area (Å²) in [6.07, 6.45) is 1.76. The zero-order valence-corrected chi connectivity index (χ0v) is 7.07. The van der Waals surface area contributed by atoms with Crippen LogP contribution in [-0.4, -0.2) is 11.2 Å². The highest BCUT2D eigenvalue weighted by Crippen LogP contribution is 2.29. The summed E-state index contributed by atoms with van der Waals surface area (Å²) in [4.78, 5) is 0. The number of aliphatic hydroxyl groups excluding tert-OH is 1. The van der Waals surface area contributed by atoms with Crippen LogP contribution < -0.4 is 0 Å². The van der Waals surface area contributed by atoms with Gasteiger partial charge in [0.25, 0.3) is 0 Å². The second-order valence-electron chi connectivity index (χ2n) is 3.05. The third kappa shape index (κ3) is 1.24. The average Bonchev–Trinajstić information content (AvgIpc) is 2.60. The van der Waals surface area contributed by atoms with Gasteiger partial charge >= 0.3 is 0 Å². The van der Waals surface area contributed by atoms with Crippen LogP contribution in [0.1, 0.15) is 11.1 Å². The Morgan fingerprint density at radius 3 is 2.92 bits per heavy atom. The van der Waals surface area contributed by atoms with E-state index in [2.05, 4.69) is 0 Å². The van der Waals surface area contributed by atoms with Crippen LogP contribution in [0.2, 0.25) is 0 Å². The highest BCUT2D eigenvalue weighted by atomic mass is 16.3. The lowest BCUT2D eigenvalue weighted by Gasteiger charge is -2.05. The van der Waals surface area contributed by atoms with Crippen molar-refractivity contribution in [2.45, 2.75) is 12.5 Å². The summed E-state index contributed by atoms with van der Waals surface area (Å²) in [6, 6.07) is 9.68. The Hall–Kier alpha value is -1.59. The fraction of sp³-hybridized carbons (Fsp3) is 0.182. The molecule has 0 aromatic heterocycles. The number of hydrogen-bond donors (Lipinski definition) is 1. The Bertz CT molecular complexity index is 401. The van der Waals surface area contributed by atoms with Crippen LogP contribution >= 0.6 is 0 Å². The molecule has 1 aliphatic rings. The highest BCUT2D eigenvalue weighted by Gasteiger charge is 2.18. The van der Waals surface area contributed by atoms with Crippen LogP contribution in [0.5, 0.6) is 0 Å². The van der Waals surface area contributed by atoms with Crippen molar-refractivity contribution in [3.8, 4) is 6.07 Å². The first-order valence-electron chi connectivity index (χ1n) is 4.19. The predicted molar refractivity (Wildman–Crippen MR) is 49.7 cm³/mol. The predicted octanol–water partition coefficient (Wildman–Crippen LogP) is 1.51. The average molecular weight is 171 g/mol. The second-order valence-corrected chi connectivity index (χ2v) is 3.05. The standard InChI is InChI=1S/C11H9NO/c12-7-11(13)10-6-5-8-3-1-2-4-9(8)10/h1-4,6,11,13H,5H2. The zero-order chi connectivity index (χ0) is 9.26. The van der Waals surface area contributed by atoms with Crippen LogP contribution in [0.25, 0.3) is 5.57 Å². The number of allylic oxidation sites excluding steroid dienone is 1. The lowest BCUT2D eigenvalue weighted by atomic mass is 10.0. The van der Waals surface area contributed by atoms with Crippen molar-refractivity contribution in [1.29, 1.82) is 5.26 Å². The molecule has 1 aromatic rings. The number of nitriles is 1. The van der Waals surface area contributed by atoms with Gasteiger partial charge in [-0.05, 0) is 23.1 Å². The third-order valence-electron chi connectivity index (χ3n) is 2.29. The van der Waals surface area contributed by atoms with Crippen molar-refractivity contribution < 1.29 is 5.11 Å². The Labute approximate surface area is 76.7 Å². The van der Waals surface area contributed by atoms with E-state index in [-0.39, 0.29) is 0 Å². The zero-order valence-electron chi connectivity index (χ0n) is 7.07. The summed E-state index contributed by atoms with van der Waals surface area (Å²) < 4.78 is 0. The maximum absolute atomic E-state index is 9.38. The Kier molecular flexibility index (Phi) is 1.88. The van der Waals surface area contributed by atoms with Crippen LogP contribution in [0.3, 0.4) is 0 Å². The fourth-order valence-corrected chi connectivity index (χ4v) is 1.64. The van der Waals surface area contributed by atoms with E-state index in [1.165, 1.54) is 5.56 Å². The molecule has 1 unspecified atom stereocenters. The van der Waals surface area contributed by atoms with Gasteiger partial charge in [0.2, 0.25) is 0 Å². The van der Waals surface area contributed by atoms with E-state index in [1.54, 1.807) is 0 Å². The van der Waals surface area contributed by atoms with Gasteiger partial charge in [-0.15, -0.1) is 0 Å². The number of nitrogens with zero attached hydrogens (tertiary/aromatic N) is 1. The molecule has 1 N–H and O–H groups in total. The number of rotatable bonds is 1. The number of hydrogen-bond acceptors (Lipinski definition) is 2. The lowest BCUT2D eigenvalue weighted by molar-refractivity contribution is 0.287. The van der Waals surface area contributed by atoms with E-state index in [1.807, 2.05) is 36.4 Å². The van der Waals surface area contributed by atoms with E-state index in [0.29, 0.717) is 0 Å². The molecule has 2 heteroatoms. The summed E-state index contributed by atoms with van der Waals surface area (Å²) in [5.41, 5.74) is 2.95. The van der Waals surface area contributed by atoms with Gasteiger partial charge in [0.05, 0.1) is 6.07 Å². The summed E-state index contributed by atoms with van der Waals surface area (Å²) in [5.74, 6) is 0. The van der Waals surface area contributed by atoms with Gasteiger partial charge in [0.15, 0.2) is 6.10 Å². The largest absolute Gasteiger partial charge is 0.374 e. The van der Waals surface area contributed by atoms with Gasteiger partial charge in [-0.1, -0.05) is 30.3 Å². The molecule has 1 atom stereocenters. The van der Waals surface area contributed by atoms with E-state index >= 15 is 0 Å². The van der Waals surface area contributed by atoms with Crippen molar-refractivity contribution in [3.63, 3.8) is 0 Å². The van der Waals surface area contributed by atoms with Crippen LogP contribution in [0.4, 0.5) is 0 Å². The molecule has 0 fully saturated rings. The molecule has 0 saturated carbocycles. The summed E-state index contributed by atoms with van der Waals surface area (Å²) in [5, 5.41) is 18.0. The van der Waals surface area contributed by atoms with E-state index in [4.69, 9.17) is 5.26 Å². The molecule has 0 radical (unpaired) electrons. The van der Waals surface area contributed by atoms with Crippen molar-refractivity contribution in [2.75, 3.05) is 0 Å². The molecule has 64 valence electrons. The molecule has 0 spiro atoms. The summed E-state index contributed by atoms with van der Waals surface area (Å²) in [6.45, 7) is 0. The molecule has 0 amide bonds. The monoisotopic (exact) mass is 171 g/mol. The first-order valence-corrected chi connectivity index (χ1v) is 4.19. The first kappa shape index (κ1) is 8.03. The Morgan fingerprint density at radius 1 is 1.38 bits per heavy atom. The van der Waals surface area contributed by atoms with E-state index in [9.17, 15) is 5.11 Å². The molecule has 2 rings (SSSR count). The SMILES string of the molecule is N#CC(O)C1=CCc2ccccc21. The molecule has 0 heterocycles. The van der Waals surface area contributed by atoms with Crippen molar-refractivity contribution in [1.82, 2.24) is 0 Å².